The second kappa shape index (κ2) is 2.74. The molecule has 10 heavy (non-hydrogen) atoms. The van der Waals surface area contributed by atoms with Crippen LogP contribution in [0.5, 0.6) is 0 Å². The van der Waals surface area contributed by atoms with Gasteiger partial charge in [-0.25, -0.2) is 0 Å². The molecular formula is C5H6N2O2S. The highest BCUT2D eigenvalue weighted by atomic mass is 32.2. The zero-order valence-electron chi connectivity index (χ0n) is 5.33. The molecule has 0 aliphatic heterocycles. The van der Waals surface area contributed by atoms with Gasteiger partial charge in [0.1, 0.15) is 5.69 Å². The van der Waals surface area contributed by atoms with Crippen molar-refractivity contribution in [2.75, 3.05) is 12.0 Å². The number of nitrogen functional groups attached to an aromatic ring is 1. The van der Waals surface area contributed by atoms with Gasteiger partial charge >= 0.3 is 0 Å². The summed E-state index contributed by atoms with van der Waals surface area (Å²) >= 11 is 1.04. The van der Waals surface area contributed by atoms with Gasteiger partial charge in [-0.1, -0.05) is 16.9 Å². The Morgan fingerprint density at radius 2 is 2.60 bits per heavy atom. The largest absolute Gasteiger partial charge is 0.394 e. The molecule has 0 saturated heterocycles. The van der Waals surface area contributed by atoms with E-state index in [1.807, 2.05) is 0 Å². The third kappa shape index (κ3) is 1.13. The minimum atomic E-state index is -0.199. The Labute approximate surface area is 61.8 Å². The lowest BCUT2D eigenvalue weighted by Gasteiger charge is -1.88. The van der Waals surface area contributed by atoms with E-state index in [4.69, 9.17) is 5.73 Å². The number of hydrogen-bond donors (Lipinski definition) is 1. The van der Waals surface area contributed by atoms with Crippen molar-refractivity contribution in [1.29, 1.82) is 0 Å². The van der Waals surface area contributed by atoms with Gasteiger partial charge in [0.05, 0.1) is 6.20 Å². The predicted octanol–water partition coefficient (Wildman–Crippen LogP) is 0.760. The zero-order chi connectivity index (χ0) is 7.56. The molecule has 0 spiro atoms. The van der Waals surface area contributed by atoms with E-state index in [0.717, 1.165) is 11.8 Å². The van der Waals surface area contributed by atoms with Crippen molar-refractivity contribution < 1.29 is 9.32 Å². The fraction of sp³-hybridized carbons (Fsp3) is 0.200. The molecule has 4 nitrogen and oxygen atoms in total. The van der Waals surface area contributed by atoms with Gasteiger partial charge in [-0.05, 0) is 6.26 Å². The van der Waals surface area contributed by atoms with Gasteiger partial charge < -0.3 is 10.3 Å². The maximum absolute atomic E-state index is 10.8. The summed E-state index contributed by atoms with van der Waals surface area (Å²) in [6.45, 7) is 0. The summed E-state index contributed by atoms with van der Waals surface area (Å²) in [5.74, 6) is 0.132. The molecule has 0 aliphatic rings. The van der Waals surface area contributed by atoms with Crippen LogP contribution in [0.25, 0.3) is 0 Å². The molecule has 0 bridgehead atoms. The van der Waals surface area contributed by atoms with Gasteiger partial charge in [-0.3, -0.25) is 4.79 Å². The maximum Gasteiger partial charge on any atom is 0.259 e. The predicted molar refractivity (Wildman–Crippen MR) is 38.8 cm³/mol. The van der Waals surface area contributed by atoms with Crippen molar-refractivity contribution in [3.63, 3.8) is 0 Å². The number of nitrogens with two attached hydrogens (primary N) is 1. The summed E-state index contributed by atoms with van der Waals surface area (Å²) in [5, 5.41) is 3.16. The molecule has 1 aromatic heterocycles. The monoisotopic (exact) mass is 158 g/mol. The van der Waals surface area contributed by atoms with Gasteiger partial charge in [0.25, 0.3) is 5.12 Å². The van der Waals surface area contributed by atoms with Gasteiger partial charge in [-0.2, -0.15) is 0 Å². The Hall–Kier alpha value is -0.970. The summed E-state index contributed by atoms with van der Waals surface area (Å²) in [5.41, 5.74) is 5.62. The molecule has 0 unspecified atom stereocenters. The van der Waals surface area contributed by atoms with Crippen LogP contribution in [0.1, 0.15) is 10.6 Å². The lowest BCUT2D eigenvalue weighted by Crippen LogP contribution is -1.94. The molecule has 0 aromatic carbocycles. The average molecular weight is 158 g/mol. The van der Waals surface area contributed by atoms with Crippen LogP contribution in [-0.2, 0) is 0 Å². The van der Waals surface area contributed by atoms with Crippen molar-refractivity contribution >= 4 is 22.6 Å². The van der Waals surface area contributed by atoms with E-state index < -0.39 is 0 Å². The van der Waals surface area contributed by atoms with E-state index in [9.17, 15) is 4.79 Å². The first kappa shape index (κ1) is 7.14. The number of carbonyl (C=O) groups excluding carboxylic acids is 1. The molecule has 0 saturated carbocycles. The van der Waals surface area contributed by atoms with Crippen molar-refractivity contribution in [1.82, 2.24) is 5.16 Å². The molecule has 54 valence electrons. The van der Waals surface area contributed by atoms with Gasteiger partial charge in [0.15, 0.2) is 0 Å². The molecule has 0 amide bonds. The van der Waals surface area contributed by atoms with Gasteiger partial charge in [0.2, 0.25) is 5.76 Å². The number of carbonyl (C=O) groups is 1. The number of anilines is 1. The number of thioether (sulfide) groups is 1. The molecule has 1 aromatic rings. The Morgan fingerprint density at radius 1 is 1.90 bits per heavy atom. The highest BCUT2D eigenvalue weighted by Crippen LogP contribution is 2.15. The lowest BCUT2D eigenvalue weighted by molar-refractivity contribution is 0.105. The van der Waals surface area contributed by atoms with Crippen molar-refractivity contribution in [2.24, 2.45) is 0 Å². The quantitative estimate of drug-likeness (QED) is 0.653. The fourth-order valence-corrected chi connectivity index (χ4v) is 0.836. The van der Waals surface area contributed by atoms with Crippen molar-refractivity contribution in [3.05, 3.63) is 12.0 Å². The van der Waals surface area contributed by atoms with Crippen molar-refractivity contribution in [3.8, 4) is 0 Å². The lowest BCUT2D eigenvalue weighted by atomic mass is 10.4. The van der Waals surface area contributed by atoms with Crippen LogP contribution in [-0.4, -0.2) is 16.5 Å². The summed E-state index contributed by atoms with van der Waals surface area (Å²) < 4.78 is 4.57. The molecule has 0 radical (unpaired) electrons. The van der Waals surface area contributed by atoms with E-state index in [2.05, 4.69) is 9.68 Å². The van der Waals surface area contributed by atoms with Crippen LogP contribution in [0.2, 0.25) is 0 Å². The third-order valence-electron chi connectivity index (χ3n) is 0.969. The molecule has 2 N–H and O–H groups in total. The Bertz CT molecular complexity index is 246. The van der Waals surface area contributed by atoms with E-state index >= 15 is 0 Å². The zero-order valence-corrected chi connectivity index (χ0v) is 6.14. The van der Waals surface area contributed by atoms with Crippen LogP contribution in [0.3, 0.4) is 0 Å². The second-order valence-corrected chi connectivity index (χ2v) is 2.38. The third-order valence-corrected chi connectivity index (χ3v) is 1.52. The molecule has 0 atom stereocenters. The van der Waals surface area contributed by atoms with E-state index in [0.29, 0.717) is 5.69 Å². The molecule has 5 heteroatoms. The minimum absolute atomic E-state index is 0.132. The van der Waals surface area contributed by atoms with Crippen LogP contribution >= 0.6 is 11.8 Å². The van der Waals surface area contributed by atoms with E-state index in [-0.39, 0.29) is 10.9 Å². The summed E-state index contributed by atoms with van der Waals surface area (Å²) in [4.78, 5) is 10.8. The number of rotatable bonds is 1. The van der Waals surface area contributed by atoms with Crippen molar-refractivity contribution in [2.45, 2.75) is 0 Å². The molecule has 1 heterocycles. The molecule has 1 rings (SSSR count). The van der Waals surface area contributed by atoms with Crippen LogP contribution in [0.15, 0.2) is 10.7 Å². The number of nitrogens with zero attached hydrogens (tertiary/aromatic N) is 1. The van der Waals surface area contributed by atoms with Crippen LogP contribution in [0, 0.1) is 0 Å². The topological polar surface area (TPSA) is 69.1 Å². The first-order chi connectivity index (χ1) is 4.75. The SMILES string of the molecule is CSC(=O)c1oncc1N. The van der Waals surface area contributed by atoms with Gasteiger partial charge in [-0.15, -0.1) is 0 Å². The Morgan fingerprint density at radius 3 is 3.00 bits per heavy atom. The normalized spacial score (nSPS) is 9.70. The minimum Gasteiger partial charge on any atom is -0.394 e. The van der Waals surface area contributed by atoms with Gasteiger partial charge in [0, 0.05) is 0 Å². The molecule has 0 aliphatic carbocycles. The Kier molecular flexibility index (Phi) is 1.96. The highest BCUT2D eigenvalue weighted by Gasteiger charge is 2.12. The van der Waals surface area contributed by atoms with Crippen LogP contribution in [0.4, 0.5) is 5.69 Å². The highest BCUT2D eigenvalue weighted by molar-refractivity contribution is 8.13. The summed E-state index contributed by atoms with van der Waals surface area (Å²) in [6.07, 6.45) is 2.97. The summed E-state index contributed by atoms with van der Waals surface area (Å²) in [7, 11) is 0. The first-order valence-electron chi connectivity index (χ1n) is 2.54. The molecule has 0 fully saturated rings. The standard InChI is InChI=1S/C5H6N2O2S/c1-10-5(8)4-3(6)2-7-9-4/h2H,6H2,1H3. The second-order valence-electron chi connectivity index (χ2n) is 1.60. The summed E-state index contributed by atoms with van der Waals surface area (Å²) in [6, 6.07) is 0. The number of hydrogen-bond acceptors (Lipinski definition) is 5. The average Bonchev–Trinajstić information content (AvgIpc) is 2.34. The fourth-order valence-electron chi connectivity index (χ4n) is 0.495. The Balaban J connectivity index is 2.93. The molecular weight excluding hydrogens is 152 g/mol. The maximum atomic E-state index is 10.8. The smallest absolute Gasteiger partial charge is 0.259 e. The first-order valence-corrected chi connectivity index (χ1v) is 3.76. The van der Waals surface area contributed by atoms with E-state index in [1.54, 1.807) is 6.26 Å². The van der Waals surface area contributed by atoms with E-state index in [1.165, 1.54) is 6.20 Å². The van der Waals surface area contributed by atoms with Crippen LogP contribution < -0.4 is 5.73 Å². The number of aromatic nitrogens is 1.